The molecule has 0 radical (unpaired) electrons. The number of esters is 1. The smallest absolute Gasteiger partial charge is 0.337 e. The molecule has 1 N–H and O–H groups in total. The van der Waals surface area contributed by atoms with Crippen molar-refractivity contribution < 1.29 is 19.4 Å². The Morgan fingerprint density at radius 2 is 2.12 bits per heavy atom. The number of aromatic carboxylic acids is 1. The molecular weight excluding hydrogens is 210 g/mol. The van der Waals surface area contributed by atoms with E-state index in [1.807, 2.05) is 0 Å². The molecule has 0 aliphatic heterocycles. The molecule has 0 bridgehead atoms. The molecule has 0 aliphatic rings. The second kappa shape index (κ2) is 4.83. The third kappa shape index (κ3) is 2.85. The zero-order valence-electron chi connectivity index (χ0n) is 9.56. The number of carboxylic acids is 1. The summed E-state index contributed by atoms with van der Waals surface area (Å²) >= 11 is 0. The topological polar surface area (TPSA) is 68.5 Å². The lowest BCUT2D eigenvalue weighted by Crippen LogP contribution is -2.18. The quantitative estimate of drug-likeness (QED) is 0.787. The summed E-state index contributed by atoms with van der Waals surface area (Å²) in [7, 11) is 0. The van der Waals surface area contributed by atoms with Crippen LogP contribution in [-0.4, -0.2) is 27.7 Å². The van der Waals surface area contributed by atoms with Crippen LogP contribution in [0.15, 0.2) is 12.3 Å². The van der Waals surface area contributed by atoms with E-state index in [1.165, 1.54) is 6.07 Å². The van der Waals surface area contributed by atoms with Gasteiger partial charge in [-0.25, -0.2) is 4.79 Å². The first kappa shape index (κ1) is 12.3. The van der Waals surface area contributed by atoms with E-state index >= 15 is 0 Å². The maximum Gasteiger partial charge on any atom is 0.337 e. The molecule has 0 saturated heterocycles. The van der Waals surface area contributed by atoms with Gasteiger partial charge in [0.05, 0.1) is 11.7 Å². The molecule has 1 heterocycles. The van der Waals surface area contributed by atoms with E-state index in [9.17, 15) is 9.59 Å². The first-order chi connectivity index (χ1) is 7.41. The van der Waals surface area contributed by atoms with Crippen LogP contribution in [0.1, 0.15) is 29.9 Å². The van der Waals surface area contributed by atoms with Gasteiger partial charge >= 0.3 is 11.9 Å². The lowest BCUT2D eigenvalue weighted by atomic mass is 10.2. The van der Waals surface area contributed by atoms with Crippen LogP contribution < -0.4 is 0 Å². The van der Waals surface area contributed by atoms with E-state index in [-0.39, 0.29) is 24.2 Å². The number of hydrogen-bond acceptors (Lipinski definition) is 3. The number of nitrogens with zero attached hydrogens (tertiary/aromatic N) is 1. The van der Waals surface area contributed by atoms with Gasteiger partial charge in [-0.3, -0.25) is 4.79 Å². The standard InChI is InChI=1S/C11H15NO4/c1-7(2)16-10(13)6-12-5-4-9(8(12)3)11(14)15/h4-5,7H,6H2,1-3H3,(H,14,15). The van der Waals surface area contributed by atoms with E-state index in [0.29, 0.717) is 5.69 Å². The molecule has 5 heteroatoms. The average molecular weight is 225 g/mol. The first-order valence-corrected chi connectivity index (χ1v) is 5.00. The lowest BCUT2D eigenvalue weighted by Gasteiger charge is -2.09. The van der Waals surface area contributed by atoms with Gasteiger partial charge in [0.2, 0.25) is 0 Å². The number of aromatic nitrogens is 1. The van der Waals surface area contributed by atoms with E-state index in [4.69, 9.17) is 9.84 Å². The van der Waals surface area contributed by atoms with Crippen LogP contribution in [-0.2, 0) is 16.1 Å². The van der Waals surface area contributed by atoms with Gasteiger partial charge in [-0.05, 0) is 26.8 Å². The van der Waals surface area contributed by atoms with Gasteiger partial charge in [0.1, 0.15) is 6.54 Å². The molecule has 88 valence electrons. The van der Waals surface area contributed by atoms with Gasteiger partial charge in [-0.2, -0.15) is 0 Å². The minimum Gasteiger partial charge on any atom is -0.478 e. The number of ether oxygens (including phenoxy) is 1. The van der Waals surface area contributed by atoms with E-state index < -0.39 is 5.97 Å². The van der Waals surface area contributed by atoms with Crippen LogP contribution in [0.4, 0.5) is 0 Å². The molecule has 1 aromatic heterocycles. The Hall–Kier alpha value is -1.78. The van der Waals surface area contributed by atoms with Crippen LogP contribution >= 0.6 is 0 Å². The molecule has 0 unspecified atom stereocenters. The van der Waals surface area contributed by atoms with Crippen LogP contribution in [0.5, 0.6) is 0 Å². The fourth-order valence-electron chi connectivity index (χ4n) is 1.39. The minimum absolute atomic E-state index is 0.0390. The van der Waals surface area contributed by atoms with E-state index in [1.54, 1.807) is 31.5 Å². The molecule has 1 aromatic rings. The Morgan fingerprint density at radius 1 is 1.50 bits per heavy atom. The lowest BCUT2D eigenvalue weighted by molar-refractivity contribution is -0.148. The van der Waals surface area contributed by atoms with Crippen LogP contribution in [0, 0.1) is 6.92 Å². The van der Waals surface area contributed by atoms with Crippen molar-refractivity contribution in [3.8, 4) is 0 Å². The molecule has 0 aliphatic carbocycles. The fourth-order valence-corrected chi connectivity index (χ4v) is 1.39. The molecule has 0 amide bonds. The van der Waals surface area contributed by atoms with Gasteiger partial charge in [-0.1, -0.05) is 0 Å². The third-order valence-corrected chi connectivity index (χ3v) is 2.14. The maximum atomic E-state index is 11.4. The van der Waals surface area contributed by atoms with Crippen molar-refractivity contribution in [2.75, 3.05) is 0 Å². The van der Waals surface area contributed by atoms with E-state index in [2.05, 4.69) is 0 Å². The predicted molar refractivity (Wildman–Crippen MR) is 57.4 cm³/mol. The molecule has 0 saturated carbocycles. The SMILES string of the molecule is Cc1c(C(=O)O)ccn1CC(=O)OC(C)C. The molecule has 0 aromatic carbocycles. The Kier molecular flexibility index (Phi) is 3.71. The number of carbonyl (C=O) groups excluding carboxylic acids is 1. The number of carbonyl (C=O) groups is 2. The zero-order chi connectivity index (χ0) is 12.3. The molecule has 5 nitrogen and oxygen atoms in total. The molecule has 0 fully saturated rings. The van der Waals surface area contributed by atoms with Gasteiger partial charge in [-0.15, -0.1) is 0 Å². The summed E-state index contributed by atoms with van der Waals surface area (Å²) < 4.78 is 6.54. The highest BCUT2D eigenvalue weighted by atomic mass is 16.5. The Balaban J connectivity index is 2.75. The average Bonchev–Trinajstić information content (AvgIpc) is 2.46. The first-order valence-electron chi connectivity index (χ1n) is 5.00. The molecule has 0 spiro atoms. The highest BCUT2D eigenvalue weighted by Crippen LogP contribution is 2.10. The van der Waals surface area contributed by atoms with Crippen molar-refractivity contribution in [1.29, 1.82) is 0 Å². The Morgan fingerprint density at radius 3 is 2.56 bits per heavy atom. The summed E-state index contributed by atoms with van der Waals surface area (Å²) in [5.41, 5.74) is 0.755. The second-order valence-electron chi connectivity index (χ2n) is 3.79. The molecule has 1 rings (SSSR count). The van der Waals surface area contributed by atoms with Crippen molar-refractivity contribution in [1.82, 2.24) is 4.57 Å². The van der Waals surface area contributed by atoms with Crippen molar-refractivity contribution >= 4 is 11.9 Å². The Bertz CT molecular complexity index is 406. The number of carboxylic acid groups (broad SMARTS) is 1. The molecule has 0 atom stereocenters. The van der Waals surface area contributed by atoms with Crippen LogP contribution in [0.3, 0.4) is 0 Å². The fraction of sp³-hybridized carbons (Fsp3) is 0.455. The highest BCUT2D eigenvalue weighted by Gasteiger charge is 2.14. The maximum absolute atomic E-state index is 11.4. The van der Waals surface area contributed by atoms with Crippen molar-refractivity contribution in [3.05, 3.63) is 23.5 Å². The summed E-state index contributed by atoms with van der Waals surface area (Å²) in [6.45, 7) is 5.23. The van der Waals surface area contributed by atoms with Gasteiger partial charge in [0.15, 0.2) is 0 Å². The third-order valence-electron chi connectivity index (χ3n) is 2.14. The minimum atomic E-state index is -0.992. The number of hydrogen-bond donors (Lipinski definition) is 1. The Labute approximate surface area is 93.6 Å². The van der Waals surface area contributed by atoms with Gasteiger partial charge in [0.25, 0.3) is 0 Å². The highest BCUT2D eigenvalue weighted by molar-refractivity contribution is 5.89. The molecular formula is C11H15NO4. The monoisotopic (exact) mass is 225 g/mol. The second-order valence-corrected chi connectivity index (χ2v) is 3.79. The number of rotatable bonds is 4. The van der Waals surface area contributed by atoms with Gasteiger partial charge < -0.3 is 14.4 Å². The largest absolute Gasteiger partial charge is 0.478 e. The van der Waals surface area contributed by atoms with Crippen molar-refractivity contribution in [2.45, 2.75) is 33.4 Å². The normalized spacial score (nSPS) is 10.5. The summed E-state index contributed by atoms with van der Waals surface area (Å²) in [5.74, 6) is -1.36. The zero-order valence-corrected chi connectivity index (χ0v) is 9.56. The summed E-state index contributed by atoms with van der Waals surface area (Å²) in [4.78, 5) is 22.1. The van der Waals surface area contributed by atoms with Crippen LogP contribution in [0.25, 0.3) is 0 Å². The predicted octanol–water partition coefficient (Wildman–Crippen LogP) is 1.45. The molecule has 16 heavy (non-hydrogen) atoms. The summed E-state index contributed by atoms with van der Waals surface area (Å²) in [6, 6.07) is 1.47. The van der Waals surface area contributed by atoms with E-state index in [0.717, 1.165) is 0 Å². The van der Waals surface area contributed by atoms with Crippen molar-refractivity contribution in [2.24, 2.45) is 0 Å². The summed E-state index contributed by atoms with van der Waals surface area (Å²) in [6.07, 6.45) is 1.41. The van der Waals surface area contributed by atoms with Crippen molar-refractivity contribution in [3.63, 3.8) is 0 Å². The van der Waals surface area contributed by atoms with Gasteiger partial charge in [0, 0.05) is 11.9 Å². The summed E-state index contributed by atoms with van der Waals surface area (Å²) in [5, 5.41) is 8.83. The van der Waals surface area contributed by atoms with Crippen LogP contribution in [0.2, 0.25) is 0 Å².